The van der Waals surface area contributed by atoms with Gasteiger partial charge in [0.05, 0.1) is 12.3 Å². The molecule has 7 nitrogen and oxygen atoms in total. The van der Waals surface area contributed by atoms with Crippen molar-refractivity contribution in [2.45, 2.75) is 26.3 Å². The van der Waals surface area contributed by atoms with Crippen molar-refractivity contribution in [2.24, 2.45) is 0 Å². The van der Waals surface area contributed by atoms with Gasteiger partial charge in [0, 0.05) is 5.39 Å². The Morgan fingerprint density at radius 2 is 2.09 bits per heavy atom. The van der Waals surface area contributed by atoms with Crippen molar-refractivity contribution in [1.82, 2.24) is 14.9 Å². The molecule has 0 atom stereocenters. The quantitative estimate of drug-likeness (QED) is 0.713. The number of fused-ring (bicyclic) bond motifs is 1. The summed E-state index contributed by atoms with van der Waals surface area (Å²) < 4.78 is 36.6. The zero-order valence-corrected chi connectivity index (χ0v) is 13.5. The van der Waals surface area contributed by atoms with Crippen LogP contribution in [0.25, 0.3) is 22.6 Å². The maximum Gasteiger partial charge on any atom is 0.242 e. The van der Waals surface area contributed by atoms with Crippen LogP contribution in [0.5, 0.6) is 0 Å². The van der Waals surface area contributed by atoms with Crippen molar-refractivity contribution in [3.8, 4) is 11.6 Å². The minimum atomic E-state index is -3.32. The SMILES string of the molecule is CCCCS(=O)(=O)NCc1nc(-c2cc3ccccc3o2)no1. The molecule has 0 fully saturated rings. The predicted molar refractivity (Wildman–Crippen MR) is 85.0 cm³/mol. The molecule has 122 valence electrons. The first-order valence-electron chi connectivity index (χ1n) is 7.36. The molecule has 0 saturated heterocycles. The van der Waals surface area contributed by atoms with Gasteiger partial charge in [-0.2, -0.15) is 4.98 Å². The Morgan fingerprint density at radius 1 is 1.26 bits per heavy atom. The van der Waals surface area contributed by atoms with Crippen molar-refractivity contribution in [3.63, 3.8) is 0 Å². The second-order valence-corrected chi connectivity index (χ2v) is 7.08. The van der Waals surface area contributed by atoms with Gasteiger partial charge in [-0.05, 0) is 18.6 Å². The molecule has 0 aliphatic rings. The lowest BCUT2D eigenvalue weighted by molar-refractivity contribution is 0.375. The second kappa shape index (κ2) is 6.51. The third-order valence-corrected chi connectivity index (χ3v) is 4.73. The van der Waals surface area contributed by atoms with Gasteiger partial charge in [-0.3, -0.25) is 0 Å². The van der Waals surface area contributed by atoms with Crippen molar-refractivity contribution >= 4 is 21.0 Å². The molecule has 0 amide bonds. The molecular weight excluding hydrogens is 318 g/mol. The highest BCUT2D eigenvalue weighted by Crippen LogP contribution is 2.25. The van der Waals surface area contributed by atoms with Gasteiger partial charge >= 0.3 is 0 Å². The molecule has 2 heterocycles. The minimum absolute atomic E-state index is 0.0285. The average Bonchev–Trinajstić information content (AvgIpc) is 3.17. The molecule has 0 radical (unpaired) electrons. The summed E-state index contributed by atoms with van der Waals surface area (Å²) in [6.45, 7) is 1.91. The summed E-state index contributed by atoms with van der Waals surface area (Å²) in [5.74, 6) is 1.06. The molecule has 0 aliphatic heterocycles. The number of aromatic nitrogens is 2. The van der Waals surface area contributed by atoms with Gasteiger partial charge in [0.15, 0.2) is 5.76 Å². The van der Waals surface area contributed by atoms with E-state index in [4.69, 9.17) is 8.94 Å². The monoisotopic (exact) mass is 335 g/mol. The van der Waals surface area contributed by atoms with Crippen LogP contribution in [0.1, 0.15) is 25.7 Å². The van der Waals surface area contributed by atoms with E-state index in [0.29, 0.717) is 18.0 Å². The molecule has 8 heteroatoms. The Hall–Kier alpha value is -2.19. The highest BCUT2D eigenvalue weighted by Gasteiger charge is 2.15. The zero-order valence-electron chi connectivity index (χ0n) is 12.7. The van der Waals surface area contributed by atoms with Gasteiger partial charge in [0.2, 0.25) is 21.7 Å². The minimum Gasteiger partial charge on any atom is -0.453 e. The highest BCUT2D eigenvalue weighted by molar-refractivity contribution is 7.89. The van der Waals surface area contributed by atoms with E-state index in [0.717, 1.165) is 17.4 Å². The van der Waals surface area contributed by atoms with Gasteiger partial charge < -0.3 is 8.94 Å². The maximum atomic E-state index is 11.7. The second-order valence-electron chi connectivity index (χ2n) is 5.15. The van der Waals surface area contributed by atoms with Crippen molar-refractivity contribution < 1.29 is 17.4 Å². The van der Waals surface area contributed by atoms with Crippen LogP contribution < -0.4 is 4.72 Å². The molecule has 23 heavy (non-hydrogen) atoms. The number of para-hydroxylation sites is 1. The van der Waals surface area contributed by atoms with Crippen LogP contribution in [0.2, 0.25) is 0 Å². The summed E-state index contributed by atoms with van der Waals surface area (Å²) in [4.78, 5) is 4.16. The zero-order chi connectivity index (χ0) is 16.3. The summed E-state index contributed by atoms with van der Waals surface area (Å²) >= 11 is 0. The lowest BCUT2D eigenvalue weighted by Gasteiger charge is -2.02. The number of benzene rings is 1. The van der Waals surface area contributed by atoms with Crippen LogP contribution in [0.3, 0.4) is 0 Å². The largest absolute Gasteiger partial charge is 0.453 e. The lowest BCUT2D eigenvalue weighted by atomic mass is 10.2. The van der Waals surface area contributed by atoms with E-state index >= 15 is 0 Å². The highest BCUT2D eigenvalue weighted by atomic mass is 32.2. The number of sulfonamides is 1. The van der Waals surface area contributed by atoms with E-state index in [2.05, 4.69) is 14.9 Å². The van der Waals surface area contributed by atoms with Crippen LogP contribution in [0.4, 0.5) is 0 Å². The summed E-state index contributed by atoms with van der Waals surface area (Å²) in [6, 6.07) is 9.37. The van der Waals surface area contributed by atoms with E-state index in [-0.39, 0.29) is 18.2 Å². The Morgan fingerprint density at radius 3 is 2.87 bits per heavy atom. The number of rotatable bonds is 7. The first-order valence-corrected chi connectivity index (χ1v) is 9.01. The smallest absolute Gasteiger partial charge is 0.242 e. The molecule has 0 unspecified atom stereocenters. The molecule has 2 aromatic heterocycles. The first-order chi connectivity index (χ1) is 11.1. The van der Waals surface area contributed by atoms with Crippen LogP contribution >= 0.6 is 0 Å². The van der Waals surface area contributed by atoms with E-state index < -0.39 is 10.0 Å². The van der Waals surface area contributed by atoms with Crippen LogP contribution in [0, 0.1) is 0 Å². The molecule has 0 aliphatic carbocycles. The number of nitrogens with one attached hydrogen (secondary N) is 1. The number of nitrogens with zero attached hydrogens (tertiary/aromatic N) is 2. The molecule has 1 aromatic carbocycles. The fourth-order valence-corrected chi connectivity index (χ4v) is 3.25. The number of hydrogen-bond acceptors (Lipinski definition) is 6. The van der Waals surface area contributed by atoms with Crippen LogP contribution in [-0.2, 0) is 16.6 Å². The van der Waals surface area contributed by atoms with Crippen molar-refractivity contribution in [3.05, 3.63) is 36.2 Å². The molecular formula is C15H17N3O4S. The first kappa shape index (κ1) is 15.7. The standard InChI is InChI=1S/C15H17N3O4S/c1-2-3-8-23(19,20)16-10-14-17-15(18-22-14)13-9-11-6-4-5-7-12(11)21-13/h4-7,9,16H,2-3,8,10H2,1H3. The van der Waals surface area contributed by atoms with Gasteiger partial charge in [-0.1, -0.05) is 36.7 Å². The Kier molecular flexibility index (Phi) is 4.44. The van der Waals surface area contributed by atoms with Crippen molar-refractivity contribution in [1.29, 1.82) is 0 Å². The Labute approximate surface area is 133 Å². The van der Waals surface area contributed by atoms with E-state index in [1.807, 2.05) is 37.3 Å². The molecule has 0 bridgehead atoms. The van der Waals surface area contributed by atoms with E-state index in [9.17, 15) is 8.42 Å². The average molecular weight is 335 g/mol. The fourth-order valence-electron chi connectivity index (χ4n) is 2.10. The third-order valence-electron chi connectivity index (χ3n) is 3.32. The predicted octanol–water partition coefficient (Wildman–Crippen LogP) is 2.70. The van der Waals surface area contributed by atoms with Gasteiger partial charge in [0.25, 0.3) is 0 Å². The van der Waals surface area contributed by atoms with E-state index in [1.165, 1.54) is 0 Å². The number of unbranched alkanes of at least 4 members (excludes halogenated alkanes) is 1. The molecule has 0 saturated carbocycles. The third kappa shape index (κ3) is 3.77. The molecule has 1 N–H and O–H groups in total. The molecule has 0 spiro atoms. The van der Waals surface area contributed by atoms with Gasteiger partial charge in [-0.25, -0.2) is 13.1 Å². The number of furan rings is 1. The topological polar surface area (TPSA) is 98.2 Å². The molecule has 3 aromatic rings. The van der Waals surface area contributed by atoms with Gasteiger partial charge in [0.1, 0.15) is 5.58 Å². The summed E-state index contributed by atoms with van der Waals surface area (Å²) in [7, 11) is -3.32. The Bertz CT molecular complexity index is 865. The van der Waals surface area contributed by atoms with Crippen LogP contribution in [0.15, 0.2) is 39.3 Å². The fraction of sp³-hybridized carbons (Fsp3) is 0.333. The maximum absolute atomic E-state index is 11.7. The van der Waals surface area contributed by atoms with Gasteiger partial charge in [-0.15, -0.1) is 0 Å². The summed E-state index contributed by atoms with van der Waals surface area (Å²) in [5.41, 5.74) is 0.731. The normalized spacial score (nSPS) is 12.0. The number of hydrogen-bond donors (Lipinski definition) is 1. The lowest BCUT2D eigenvalue weighted by Crippen LogP contribution is -2.26. The summed E-state index contributed by atoms with van der Waals surface area (Å²) in [6.07, 6.45) is 1.43. The molecule has 3 rings (SSSR count). The van der Waals surface area contributed by atoms with Crippen LogP contribution in [-0.4, -0.2) is 24.3 Å². The van der Waals surface area contributed by atoms with E-state index in [1.54, 1.807) is 0 Å². The van der Waals surface area contributed by atoms with Crippen molar-refractivity contribution in [2.75, 3.05) is 5.75 Å². The Balaban J connectivity index is 1.70. The summed E-state index contributed by atoms with van der Waals surface area (Å²) in [5, 5.41) is 4.77.